The minimum Gasteiger partial charge on any atom is -0.376 e. The van der Waals surface area contributed by atoms with Crippen LogP contribution >= 0.6 is 24.0 Å². The van der Waals surface area contributed by atoms with E-state index >= 15 is 0 Å². The Bertz CT molecular complexity index is 626. The summed E-state index contributed by atoms with van der Waals surface area (Å²) in [6, 6.07) is 6.83. The van der Waals surface area contributed by atoms with Crippen LogP contribution < -0.4 is 10.6 Å². The number of ether oxygens (including phenoxy) is 1. The first kappa shape index (κ1) is 21.2. The largest absolute Gasteiger partial charge is 0.376 e. The molecule has 1 unspecified atom stereocenters. The van der Waals surface area contributed by atoms with Gasteiger partial charge in [0, 0.05) is 26.0 Å². The quantitative estimate of drug-likeness (QED) is 0.380. The van der Waals surface area contributed by atoms with Gasteiger partial charge in [0.1, 0.15) is 0 Å². The summed E-state index contributed by atoms with van der Waals surface area (Å²) in [6.07, 6.45) is 3.66. The normalized spacial score (nSPS) is 18.1. The van der Waals surface area contributed by atoms with Crippen molar-refractivity contribution in [1.82, 2.24) is 10.6 Å². The van der Waals surface area contributed by atoms with Gasteiger partial charge in [-0.05, 0) is 37.5 Å². The molecule has 1 atom stereocenters. The lowest BCUT2D eigenvalue weighted by Crippen LogP contribution is -2.41. The van der Waals surface area contributed by atoms with Crippen LogP contribution in [0.5, 0.6) is 0 Å². The van der Waals surface area contributed by atoms with Crippen molar-refractivity contribution in [1.29, 1.82) is 0 Å². The number of guanidine groups is 1. The maximum Gasteiger partial charge on any atom is 0.191 e. The third kappa shape index (κ3) is 6.94. The average Bonchev–Trinajstić information content (AvgIpc) is 3.03. The third-order valence-corrected chi connectivity index (χ3v) is 4.77. The lowest BCUT2D eigenvalue weighted by molar-refractivity contribution is 0.114. The first-order valence-electron chi connectivity index (χ1n) is 7.92. The molecule has 1 heterocycles. The van der Waals surface area contributed by atoms with Gasteiger partial charge in [0.15, 0.2) is 15.8 Å². The predicted octanol–water partition coefficient (Wildman–Crippen LogP) is 1.94. The van der Waals surface area contributed by atoms with Gasteiger partial charge in [-0.3, -0.25) is 0 Å². The summed E-state index contributed by atoms with van der Waals surface area (Å²) >= 11 is 0. The van der Waals surface area contributed by atoms with E-state index in [0.29, 0.717) is 11.4 Å². The standard InChI is InChI=1S/C16H25N3O3S.HI/c1-3-17-16(19-12-14-5-4-10-22-14)18-11-13-6-8-15(9-7-13)23(2,20)21;/h6-9,14H,3-5,10-12H2,1-2H3,(H2,17,18,19);1H. The molecule has 1 fully saturated rings. The van der Waals surface area contributed by atoms with Crippen molar-refractivity contribution < 1.29 is 13.2 Å². The van der Waals surface area contributed by atoms with Crippen molar-refractivity contribution in [3.8, 4) is 0 Å². The molecular formula is C16H26IN3O3S. The zero-order valence-corrected chi connectivity index (χ0v) is 17.3. The van der Waals surface area contributed by atoms with E-state index in [4.69, 9.17) is 4.74 Å². The third-order valence-electron chi connectivity index (χ3n) is 3.64. The molecule has 24 heavy (non-hydrogen) atoms. The molecule has 0 aromatic heterocycles. The number of aliphatic imine (C=N–C) groups is 1. The molecule has 0 saturated carbocycles. The van der Waals surface area contributed by atoms with Gasteiger partial charge < -0.3 is 15.4 Å². The lowest BCUT2D eigenvalue weighted by atomic mass is 10.2. The summed E-state index contributed by atoms with van der Waals surface area (Å²) < 4.78 is 28.5. The maximum absolute atomic E-state index is 11.4. The number of nitrogens with zero attached hydrogens (tertiary/aromatic N) is 1. The Morgan fingerprint density at radius 3 is 2.54 bits per heavy atom. The first-order chi connectivity index (χ1) is 11.0. The number of hydrogen-bond acceptors (Lipinski definition) is 4. The second kappa shape index (κ2) is 10.2. The molecule has 0 bridgehead atoms. The van der Waals surface area contributed by atoms with Crippen LogP contribution in [0.2, 0.25) is 0 Å². The van der Waals surface area contributed by atoms with Crippen molar-refractivity contribution in [2.45, 2.75) is 37.3 Å². The van der Waals surface area contributed by atoms with Gasteiger partial charge in [0.05, 0.1) is 17.5 Å². The summed E-state index contributed by atoms with van der Waals surface area (Å²) in [5.74, 6) is 0.746. The van der Waals surface area contributed by atoms with Crippen LogP contribution in [0.15, 0.2) is 34.2 Å². The summed E-state index contributed by atoms with van der Waals surface area (Å²) in [5, 5.41) is 6.49. The van der Waals surface area contributed by atoms with E-state index in [1.54, 1.807) is 24.3 Å². The van der Waals surface area contributed by atoms with Gasteiger partial charge in [0.25, 0.3) is 0 Å². The summed E-state index contributed by atoms with van der Waals surface area (Å²) in [5.41, 5.74) is 0.965. The second-order valence-corrected chi connectivity index (χ2v) is 7.64. The van der Waals surface area contributed by atoms with Gasteiger partial charge in [0.2, 0.25) is 0 Å². The van der Waals surface area contributed by atoms with E-state index < -0.39 is 9.84 Å². The monoisotopic (exact) mass is 467 g/mol. The molecule has 1 aromatic rings. The van der Waals surface area contributed by atoms with Crippen molar-refractivity contribution in [3.63, 3.8) is 0 Å². The minimum atomic E-state index is -3.15. The van der Waals surface area contributed by atoms with Gasteiger partial charge in [-0.15, -0.1) is 24.0 Å². The molecule has 1 aliphatic heterocycles. The fraction of sp³-hybridized carbons (Fsp3) is 0.562. The molecule has 0 amide bonds. The smallest absolute Gasteiger partial charge is 0.191 e. The zero-order chi connectivity index (χ0) is 16.7. The van der Waals surface area contributed by atoms with E-state index in [1.165, 1.54) is 6.26 Å². The number of hydrogen-bond donors (Lipinski definition) is 2. The Hall–Kier alpha value is -0.870. The number of rotatable bonds is 6. The molecule has 0 aliphatic carbocycles. The van der Waals surface area contributed by atoms with E-state index in [-0.39, 0.29) is 30.1 Å². The molecular weight excluding hydrogens is 441 g/mol. The van der Waals surface area contributed by atoms with Gasteiger partial charge in [-0.25, -0.2) is 13.4 Å². The molecule has 1 saturated heterocycles. The molecule has 2 N–H and O–H groups in total. The Morgan fingerprint density at radius 2 is 2.00 bits per heavy atom. The predicted molar refractivity (Wildman–Crippen MR) is 107 cm³/mol. The van der Waals surface area contributed by atoms with Crippen LogP contribution in [-0.2, 0) is 21.1 Å². The van der Waals surface area contributed by atoms with Crippen LogP contribution in [0.4, 0.5) is 0 Å². The number of nitrogens with one attached hydrogen (secondary N) is 2. The van der Waals surface area contributed by atoms with Gasteiger partial charge in [-0.2, -0.15) is 0 Å². The molecule has 0 radical (unpaired) electrons. The topological polar surface area (TPSA) is 79.8 Å². The van der Waals surface area contributed by atoms with E-state index in [1.807, 2.05) is 6.92 Å². The average molecular weight is 467 g/mol. The van der Waals surface area contributed by atoms with Gasteiger partial charge in [-0.1, -0.05) is 12.1 Å². The fourth-order valence-corrected chi connectivity index (χ4v) is 3.00. The molecule has 6 nitrogen and oxygen atoms in total. The highest BCUT2D eigenvalue weighted by Gasteiger charge is 2.15. The highest BCUT2D eigenvalue weighted by atomic mass is 127. The molecule has 0 spiro atoms. The fourth-order valence-electron chi connectivity index (χ4n) is 2.37. The molecule has 1 aromatic carbocycles. The van der Waals surface area contributed by atoms with Crippen molar-refractivity contribution >= 4 is 39.8 Å². The van der Waals surface area contributed by atoms with Gasteiger partial charge >= 0.3 is 0 Å². The summed E-state index contributed by atoms with van der Waals surface area (Å²) in [4.78, 5) is 4.85. The molecule has 1 aliphatic rings. The minimum absolute atomic E-state index is 0. The van der Waals surface area contributed by atoms with Crippen LogP contribution in [-0.4, -0.2) is 46.4 Å². The van der Waals surface area contributed by atoms with Crippen LogP contribution in [0.1, 0.15) is 25.3 Å². The second-order valence-electron chi connectivity index (χ2n) is 5.63. The zero-order valence-electron chi connectivity index (χ0n) is 14.1. The molecule has 136 valence electrons. The Morgan fingerprint density at radius 1 is 1.29 bits per heavy atom. The highest BCUT2D eigenvalue weighted by Crippen LogP contribution is 2.12. The Balaban J connectivity index is 0.00000288. The lowest BCUT2D eigenvalue weighted by Gasteiger charge is -2.14. The number of benzene rings is 1. The van der Waals surface area contributed by atoms with E-state index in [2.05, 4.69) is 15.6 Å². The van der Waals surface area contributed by atoms with Crippen molar-refractivity contribution in [3.05, 3.63) is 29.8 Å². The van der Waals surface area contributed by atoms with E-state index in [9.17, 15) is 8.42 Å². The van der Waals surface area contributed by atoms with E-state index in [0.717, 1.165) is 44.1 Å². The maximum atomic E-state index is 11.4. The number of sulfone groups is 1. The van der Waals surface area contributed by atoms with Crippen LogP contribution in [0.25, 0.3) is 0 Å². The Labute approximate surface area is 161 Å². The first-order valence-corrected chi connectivity index (χ1v) is 9.81. The van der Waals surface area contributed by atoms with Crippen LogP contribution in [0.3, 0.4) is 0 Å². The number of halogens is 1. The van der Waals surface area contributed by atoms with Crippen molar-refractivity contribution in [2.24, 2.45) is 4.99 Å². The van der Waals surface area contributed by atoms with Crippen LogP contribution in [0, 0.1) is 0 Å². The Kier molecular flexibility index (Phi) is 8.99. The van der Waals surface area contributed by atoms with Crippen molar-refractivity contribution in [2.75, 3.05) is 26.0 Å². The molecule has 2 rings (SSSR count). The summed E-state index contributed by atoms with van der Waals surface area (Å²) in [7, 11) is -3.15. The molecule has 8 heteroatoms. The highest BCUT2D eigenvalue weighted by molar-refractivity contribution is 14.0. The SMILES string of the molecule is CCNC(=NCc1ccc(S(C)(=O)=O)cc1)NCC1CCCO1.I. The summed E-state index contributed by atoms with van der Waals surface area (Å²) in [6.45, 7) is 4.88.